The first-order chi connectivity index (χ1) is 16.3. The SMILES string of the molecule is COCc1cc(C)nc(OCC(=O)N/N=C/c2ccc(-c3cc([N+](=O)[O-])ccc3Cl)o2)c1C#N. The van der Waals surface area contributed by atoms with Gasteiger partial charge in [-0.3, -0.25) is 14.9 Å². The van der Waals surface area contributed by atoms with Gasteiger partial charge in [-0.05, 0) is 31.2 Å². The Bertz CT molecular complexity index is 1300. The van der Waals surface area contributed by atoms with E-state index in [1.165, 1.54) is 31.5 Å². The van der Waals surface area contributed by atoms with Crippen LogP contribution in [0, 0.1) is 28.4 Å². The minimum atomic E-state index is -0.592. The number of amides is 1. The number of nitrogens with one attached hydrogen (secondary N) is 1. The topological polar surface area (TPSA) is 153 Å². The van der Waals surface area contributed by atoms with Crippen LogP contribution in [0.1, 0.15) is 22.6 Å². The Morgan fingerprint density at radius 3 is 2.88 bits per heavy atom. The number of aromatic nitrogens is 1. The summed E-state index contributed by atoms with van der Waals surface area (Å²) >= 11 is 6.12. The van der Waals surface area contributed by atoms with E-state index >= 15 is 0 Å². The number of methoxy groups -OCH3 is 1. The molecule has 0 aliphatic carbocycles. The lowest BCUT2D eigenvalue weighted by Crippen LogP contribution is -2.25. The van der Waals surface area contributed by atoms with Crippen molar-refractivity contribution in [3.05, 3.63) is 74.1 Å². The highest BCUT2D eigenvalue weighted by Gasteiger charge is 2.15. The molecule has 0 aliphatic heterocycles. The molecule has 12 heteroatoms. The molecule has 34 heavy (non-hydrogen) atoms. The smallest absolute Gasteiger partial charge is 0.278 e. The predicted molar refractivity (Wildman–Crippen MR) is 121 cm³/mol. The number of hydrazone groups is 1. The summed E-state index contributed by atoms with van der Waals surface area (Å²) in [6.45, 7) is 1.50. The van der Waals surface area contributed by atoms with E-state index in [9.17, 15) is 20.2 Å². The molecule has 0 saturated heterocycles. The van der Waals surface area contributed by atoms with E-state index in [1.807, 2.05) is 6.07 Å². The number of nitro groups is 1. The van der Waals surface area contributed by atoms with Gasteiger partial charge in [0.25, 0.3) is 11.6 Å². The summed E-state index contributed by atoms with van der Waals surface area (Å²) < 4.78 is 16.1. The zero-order valence-electron chi connectivity index (χ0n) is 18.1. The van der Waals surface area contributed by atoms with Crippen LogP contribution < -0.4 is 10.2 Å². The van der Waals surface area contributed by atoms with Crippen LogP contribution in [0.15, 0.2) is 45.9 Å². The standard InChI is InChI=1S/C22H18ClN5O6/c1-13-7-14(11-32-2)18(9-24)22(26-13)33-12-21(29)27-25-10-16-4-6-20(34-16)17-8-15(28(30)31)3-5-19(17)23/h3-8,10H,11-12H2,1-2H3,(H,27,29)/b25-10+. The Morgan fingerprint density at radius 1 is 1.38 bits per heavy atom. The molecule has 0 bridgehead atoms. The van der Waals surface area contributed by atoms with Crippen LogP contribution >= 0.6 is 11.6 Å². The Kier molecular flexibility index (Phi) is 7.92. The van der Waals surface area contributed by atoms with E-state index in [0.717, 1.165) is 0 Å². The van der Waals surface area contributed by atoms with Crippen LogP contribution in [0.2, 0.25) is 5.02 Å². The van der Waals surface area contributed by atoms with Gasteiger partial charge < -0.3 is 13.9 Å². The van der Waals surface area contributed by atoms with Crippen molar-refractivity contribution in [2.24, 2.45) is 5.10 Å². The van der Waals surface area contributed by atoms with Crippen molar-refractivity contribution >= 4 is 29.4 Å². The normalized spacial score (nSPS) is 10.8. The number of aryl methyl sites for hydroxylation is 1. The minimum absolute atomic E-state index is 0.0261. The van der Waals surface area contributed by atoms with Crippen molar-refractivity contribution in [1.82, 2.24) is 10.4 Å². The number of hydrogen-bond acceptors (Lipinski definition) is 9. The third-order valence-electron chi connectivity index (χ3n) is 4.38. The first kappa shape index (κ1) is 24.4. The van der Waals surface area contributed by atoms with Crippen molar-refractivity contribution in [2.45, 2.75) is 13.5 Å². The van der Waals surface area contributed by atoms with Crippen molar-refractivity contribution in [3.63, 3.8) is 0 Å². The number of ether oxygens (including phenoxy) is 2. The van der Waals surface area contributed by atoms with Gasteiger partial charge in [-0.2, -0.15) is 10.4 Å². The number of carbonyl (C=O) groups is 1. The van der Waals surface area contributed by atoms with Gasteiger partial charge in [-0.15, -0.1) is 0 Å². The molecule has 0 saturated carbocycles. The number of halogens is 1. The summed E-state index contributed by atoms with van der Waals surface area (Å²) in [4.78, 5) is 26.7. The van der Waals surface area contributed by atoms with Gasteiger partial charge in [-0.1, -0.05) is 11.6 Å². The zero-order valence-corrected chi connectivity index (χ0v) is 18.8. The van der Waals surface area contributed by atoms with E-state index in [0.29, 0.717) is 22.6 Å². The van der Waals surface area contributed by atoms with E-state index < -0.39 is 17.4 Å². The summed E-state index contributed by atoms with van der Waals surface area (Å²) in [6, 6.07) is 10.8. The van der Waals surface area contributed by atoms with Crippen molar-refractivity contribution in [2.75, 3.05) is 13.7 Å². The third-order valence-corrected chi connectivity index (χ3v) is 4.71. The summed E-state index contributed by atoms with van der Waals surface area (Å²) in [7, 11) is 1.50. The molecule has 2 heterocycles. The molecule has 1 aromatic carbocycles. The largest absolute Gasteiger partial charge is 0.467 e. The zero-order chi connectivity index (χ0) is 24.7. The van der Waals surface area contributed by atoms with Crippen molar-refractivity contribution in [3.8, 4) is 23.3 Å². The molecular formula is C22H18ClN5O6. The van der Waals surface area contributed by atoms with Crippen LogP contribution in [-0.4, -0.2) is 35.7 Å². The van der Waals surface area contributed by atoms with Crippen LogP contribution in [0.5, 0.6) is 5.88 Å². The molecule has 0 unspecified atom stereocenters. The maximum Gasteiger partial charge on any atom is 0.278 e. The molecule has 0 spiro atoms. The van der Waals surface area contributed by atoms with Crippen LogP contribution in [0.4, 0.5) is 5.69 Å². The lowest BCUT2D eigenvalue weighted by atomic mass is 10.1. The second-order valence-electron chi connectivity index (χ2n) is 6.85. The Morgan fingerprint density at radius 2 is 2.18 bits per heavy atom. The van der Waals surface area contributed by atoms with Crippen molar-refractivity contribution in [1.29, 1.82) is 5.26 Å². The monoisotopic (exact) mass is 483 g/mol. The number of pyridine rings is 1. The highest BCUT2D eigenvalue weighted by molar-refractivity contribution is 6.33. The number of rotatable bonds is 9. The third kappa shape index (κ3) is 5.94. The fraction of sp³-hybridized carbons (Fsp3) is 0.182. The van der Waals surface area contributed by atoms with E-state index in [1.54, 1.807) is 25.1 Å². The van der Waals surface area contributed by atoms with Crippen LogP contribution in [0.25, 0.3) is 11.3 Å². The van der Waals surface area contributed by atoms with Crippen molar-refractivity contribution < 1.29 is 23.6 Å². The lowest BCUT2D eigenvalue weighted by molar-refractivity contribution is -0.384. The van der Waals surface area contributed by atoms with Gasteiger partial charge in [0.05, 0.1) is 22.8 Å². The highest BCUT2D eigenvalue weighted by Crippen LogP contribution is 2.32. The number of nitrogens with zero attached hydrogens (tertiary/aromatic N) is 4. The Hall–Kier alpha value is -4.27. The van der Waals surface area contributed by atoms with Gasteiger partial charge in [0.2, 0.25) is 5.88 Å². The number of non-ortho nitro benzene ring substituents is 1. The lowest BCUT2D eigenvalue weighted by Gasteiger charge is -2.10. The Labute approximate surface area is 198 Å². The summed E-state index contributed by atoms with van der Waals surface area (Å²) in [5, 5.41) is 24.4. The maximum absolute atomic E-state index is 12.1. The van der Waals surface area contributed by atoms with Gasteiger partial charge in [0, 0.05) is 36.1 Å². The number of carbonyl (C=O) groups excluding carboxylic acids is 1. The molecule has 0 radical (unpaired) electrons. The molecule has 174 valence electrons. The average Bonchev–Trinajstić information content (AvgIpc) is 3.26. The minimum Gasteiger partial charge on any atom is -0.467 e. The molecule has 2 aromatic heterocycles. The predicted octanol–water partition coefficient (Wildman–Crippen LogP) is 3.76. The second-order valence-corrected chi connectivity index (χ2v) is 7.26. The fourth-order valence-electron chi connectivity index (χ4n) is 2.92. The number of furan rings is 1. The molecule has 1 N–H and O–H groups in total. The first-order valence-electron chi connectivity index (χ1n) is 9.70. The van der Waals surface area contributed by atoms with E-state index in [4.69, 9.17) is 25.5 Å². The molecule has 0 fully saturated rings. The fourth-order valence-corrected chi connectivity index (χ4v) is 3.13. The highest BCUT2D eigenvalue weighted by atomic mass is 35.5. The average molecular weight is 484 g/mol. The first-order valence-corrected chi connectivity index (χ1v) is 10.1. The Balaban J connectivity index is 1.62. The van der Waals surface area contributed by atoms with Crippen LogP contribution in [-0.2, 0) is 16.1 Å². The quantitative estimate of drug-likeness (QED) is 0.274. The van der Waals surface area contributed by atoms with Gasteiger partial charge >= 0.3 is 0 Å². The van der Waals surface area contributed by atoms with E-state index in [-0.39, 0.29) is 34.5 Å². The van der Waals surface area contributed by atoms with Gasteiger partial charge in [-0.25, -0.2) is 10.4 Å². The summed E-state index contributed by atoms with van der Waals surface area (Å²) in [5.74, 6) is 0.00442. The maximum atomic E-state index is 12.1. The molecule has 3 aromatic rings. The van der Waals surface area contributed by atoms with Crippen LogP contribution in [0.3, 0.4) is 0 Å². The molecule has 0 aliphatic rings. The number of hydrogen-bond donors (Lipinski definition) is 1. The number of nitriles is 1. The summed E-state index contributed by atoms with van der Waals surface area (Å²) in [6.07, 6.45) is 1.25. The van der Waals surface area contributed by atoms with Gasteiger partial charge in [0.1, 0.15) is 23.2 Å². The van der Waals surface area contributed by atoms with E-state index in [2.05, 4.69) is 15.5 Å². The second kappa shape index (κ2) is 11.0. The molecule has 3 rings (SSSR count). The summed E-state index contributed by atoms with van der Waals surface area (Å²) in [5.41, 5.74) is 3.89. The number of benzene rings is 1. The molecule has 0 atom stereocenters. The molecular weight excluding hydrogens is 466 g/mol. The molecule has 1 amide bonds. The molecule has 11 nitrogen and oxygen atoms in total. The van der Waals surface area contributed by atoms with Gasteiger partial charge in [0.15, 0.2) is 6.61 Å². The number of nitro benzene ring substituents is 1.